The van der Waals surface area contributed by atoms with Crippen LogP contribution in [0.3, 0.4) is 0 Å². The van der Waals surface area contributed by atoms with E-state index in [1.807, 2.05) is 4.57 Å². The lowest BCUT2D eigenvalue weighted by Gasteiger charge is -2.22. The number of nitrogens with zero attached hydrogens (tertiary/aromatic N) is 1. The van der Waals surface area contributed by atoms with Crippen LogP contribution >= 0.6 is 0 Å². The third kappa shape index (κ3) is 4.58. The van der Waals surface area contributed by atoms with E-state index >= 15 is 0 Å². The SMILES string of the molecule is CCNC1CCCc2cn(CC(=O)NCCCOC)cc21. The first-order valence-corrected chi connectivity index (χ1v) is 7.92. The molecular formula is C16H27N3O2. The molecule has 1 atom stereocenters. The Labute approximate surface area is 127 Å². The fourth-order valence-electron chi connectivity index (χ4n) is 2.96. The summed E-state index contributed by atoms with van der Waals surface area (Å²) in [5.41, 5.74) is 2.76. The first-order chi connectivity index (χ1) is 10.2. The zero-order chi connectivity index (χ0) is 15.1. The molecule has 0 aromatic carbocycles. The number of methoxy groups -OCH3 is 1. The second-order valence-corrected chi connectivity index (χ2v) is 5.61. The Hall–Kier alpha value is -1.33. The van der Waals surface area contributed by atoms with Crippen molar-refractivity contribution in [3.63, 3.8) is 0 Å². The summed E-state index contributed by atoms with van der Waals surface area (Å²) >= 11 is 0. The lowest BCUT2D eigenvalue weighted by Crippen LogP contribution is -2.28. The van der Waals surface area contributed by atoms with E-state index in [-0.39, 0.29) is 5.91 Å². The van der Waals surface area contributed by atoms with Crippen LogP contribution in [0.2, 0.25) is 0 Å². The third-order valence-corrected chi connectivity index (χ3v) is 3.94. The van der Waals surface area contributed by atoms with Crippen LogP contribution < -0.4 is 10.6 Å². The molecule has 5 nitrogen and oxygen atoms in total. The van der Waals surface area contributed by atoms with Gasteiger partial charge in [-0.2, -0.15) is 0 Å². The molecule has 2 rings (SSSR count). The molecule has 0 fully saturated rings. The van der Waals surface area contributed by atoms with Crippen LogP contribution in [-0.4, -0.2) is 37.3 Å². The minimum absolute atomic E-state index is 0.0680. The lowest BCUT2D eigenvalue weighted by molar-refractivity contribution is -0.121. The summed E-state index contributed by atoms with van der Waals surface area (Å²) in [6.45, 7) is 4.88. The highest BCUT2D eigenvalue weighted by molar-refractivity contribution is 5.75. The van der Waals surface area contributed by atoms with E-state index in [1.54, 1.807) is 7.11 Å². The van der Waals surface area contributed by atoms with E-state index in [0.29, 0.717) is 25.7 Å². The smallest absolute Gasteiger partial charge is 0.239 e. The zero-order valence-corrected chi connectivity index (χ0v) is 13.2. The Bertz CT molecular complexity index is 456. The Morgan fingerprint density at radius 1 is 1.48 bits per heavy atom. The first-order valence-electron chi connectivity index (χ1n) is 7.92. The average molecular weight is 293 g/mol. The van der Waals surface area contributed by atoms with E-state index in [2.05, 4.69) is 30.0 Å². The molecule has 1 aliphatic carbocycles. The second-order valence-electron chi connectivity index (χ2n) is 5.61. The van der Waals surface area contributed by atoms with Crippen LogP contribution in [0.15, 0.2) is 12.4 Å². The van der Waals surface area contributed by atoms with Gasteiger partial charge in [-0.25, -0.2) is 0 Å². The summed E-state index contributed by atoms with van der Waals surface area (Å²) < 4.78 is 6.99. The standard InChI is InChI=1S/C16H27N3O2/c1-3-17-15-7-4-6-13-10-19(11-14(13)15)12-16(20)18-8-5-9-21-2/h10-11,15,17H,3-9,12H2,1-2H3,(H,18,20). The minimum atomic E-state index is 0.0680. The molecule has 2 N–H and O–H groups in total. The Morgan fingerprint density at radius 2 is 2.33 bits per heavy atom. The van der Waals surface area contributed by atoms with Crippen molar-refractivity contribution in [2.45, 2.75) is 45.2 Å². The molecule has 0 spiro atoms. The summed E-state index contributed by atoms with van der Waals surface area (Å²) in [6, 6.07) is 0.449. The highest BCUT2D eigenvalue weighted by Gasteiger charge is 2.21. The average Bonchev–Trinajstić information content (AvgIpc) is 2.87. The van der Waals surface area contributed by atoms with Crippen LogP contribution in [0.4, 0.5) is 0 Å². The summed E-state index contributed by atoms with van der Waals surface area (Å²) in [6.07, 6.45) is 8.66. The number of carbonyl (C=O) groups is 1. The number of aryl methyl sites for hydroxylation is 1. The molecule has 1 aromatic heterocycles. The van der Waals surface area contributed by atoms with Crippen molar-refractivity contribution in [1.82, 2.24) is 15.2 Å². The van der Waals surface area contributed by atoms with E-state index in [9.17, 15) is 4.79 Å². The number of rotatable bonds is 8. The fraction of sp³-hybridized carbons (Fsp3) is 0.688. The fourth-order valence-corrected chi connectivity index (χ4v) is 2.96. The summed E-state index contributed by atoms with van der Waals surface area (Å²) in [7, 11) is 1.67. The largest absolute Gasteiger partial charge is 0.385 e. The Morgan fingerprint density at radius 3 is 3.10 bits per heavy atom. The van der Waals surface area contributed by atoms with Crippen LogP contribution in [0.5, 0.6) is 0 Å². The molecule has 0 radical (unpaired) electrons. The van der Waals surface area contributed by atoms with Crippen LogP contribution in [-0.2, 0) is 22.5 Å². The highest BCUT2D eigenvalue weighted by atomic mass is 16.5. The number of hydrogen-bond donors (Lipinski definition) is 2. The van der Waals surface area contributed by atoms with Crippen molar-refractivity contribution in [2.75, 3.05) is 26.8 Å². The van der Waals surface area contributed by atoms with Crippen molar-refractivity contribution >= 4 is 5.91 Å². The van der Waals surface area contributed by atoms with Gasteiger partial charge in [0, 0.05) is 38.7 Å². The number of carbonyl (C=O) groups excluding carboxylic acids is 1. The maximum atomic E-state index is 11.9. The molecule has 21 heavy (non-hydrogen) atoms. The van der Waals surface area contributed by atoms with E-state index < -0.39 is 0 Å². The molecule has 1 aromatic rings. The monoisotopic (exact) mass is 293 g/mol. The molecule has 0 saturated carbocycles. The van der Waals surface area contributed by atoms with E-state index in [0.717, 1.165) is 19.4 Å². The number of nitrogens with one attached hydrogen (secondary N) is 2. The molecule has 0 bridgehead atoms. The van der Waals surface area contributed by atoms with Crippen LogP contribution in [0.25, 0.3) is 0 Å². The Kier molecular flexibility index (Phi) is 6.26. The predicted molar refractivity (Wildman–Crippen MR) is 83.3 cm³/mol. The summed E-state index contributed by atoms with van der Waals surface area (Å²) in [4.78, 5) is 11.9. The van der Waals surface area contributed by atoms with Gasteiger partial charge in [0.1, 0.15) is 6.54 Å². The number of amides is 1. The molecule has 118 valence electrons. The van der Waals surface area contributed by atoms with Crippen molar-refractivity contribution in [1.29, 1.82) is 0 Å². The topological polar surface area (TPSA) is 55.3 Å². The van der Waals surface area contributed by atoms with Gasteiger partial charge in [0.25, 0.3) is 0 Å². The molecule has 1 heterocycles. The molecule has 1 unspecified atom stereocenters. The van der Waals surface area contributed by atoms with Gasteiger partial charge in [0.05, 0.1) is 0 Å². The molecule has 1 amide bonds. The minimum Gasteiger partial charge on any atom is -0.385 e. The van der Waals surface area contributed by atoms with Crippen LogP contribution in [0, 0.1) is 0 Å². The van der Waals surface area contributed by atoms with Gasteiger partial charge in [-0.1, -0.05) is 6.92 Å². The van der Waals surface area contributed by atoms with Gasteiger partial charge in [-0.15, -0.1) is 0 Å². The Balaban J connectivity index is 1.88. The first kappa shape index (κ1) is 16.0. The van der Waals surface area contributed by atoms with E-state index in [4.69, 9.17) is 4.74 Å². The molecule has 1 aliphatic rings. The highest BCUT2D eigenvalue weighted by Crippen LogP contribution is 2.30. The van der Waals surface area contributed by atoms with Gasteiger partial charge in [0.15, 0.2) is 0 Å². The zero-order valence-electron chi connectivity index (χ0n) is 13.2. The second kappa shape index (κ2) is 8.20. The number of fused-ring (bicyclic) bond motifs is 1. The lowest BCUT2D eigenvalue weighted by atomic mass is 9.91. The quantitative estimate of drug-likeness (QED) is 0.716. The van der Waals surface area contributed by atoms with Crippen molar-refractivity contribution in [3.05, 3.63) is 23.5 Å². The predicted octanol–water partition coefficient (Wildman–Crippen LogP) is 1.63. The van der Waals surface area contributed by atoms with Gasteiger partial charge in [0.2, 0.25) is 5.91 Å². The van der Waals surface area contributed by atoms with Gasteiger partial charge in [-0.3, -0.25) is 4.79 Å². The van der Waals surface area contributed by atoms with Crippen LogP contribution in [0.1, 0.15) is 43.4 Å². The number of hydrogen-bond acceptors (Lipinski definition) is 3. The maximum absolute atomic E-state index is 11.9. The van der Waals surface area contributed by atoms with Crippen molar-refractivity contribution < 1.29 is 9.53 Å². The summed E-state index contributed by atoms with van der Waals surface area (Å²) in [5.74, 6) is 0.0680. The van der Waals surface area contributed by atoms with E-state index in [1.165, 1.54) is 24.0 Å². The maximum Gasteiger partial charge on any atom is 0.239 e. The summed E-state index contributed by atoms with van der Waals surface area (Å²) in [5, 5.41) is 6.46. The van der Waals surface area contributed by atoms with Gasteiger partial charge >= 0.3 is 0 Å². The molecular weight excluding hydrogens is 266 g/mol. The van der Waals surface area contributed by atoms with Gasteiger partial charge in [-0.05, 0) is 43.4 Å². The number of ether oxygens (including phenoxy) is 1. The molecule has 0 aliphatic heterocycles. The molecule has 5 heteroatoms. The third-order valence-electron chi connectivity index (χ3n) is 3.94. The molecule has 0 saturated heterocycles. The number of aromatic nitrogens is 1. The normalized spacial score (nSPS) is 17.5. The van der Waals surface area contributed by atoms with Crippen molar-refractivity contribution in [3.8, 4) is 0 Å². The van der Waals surface area contributed by atoms with Gasteiger partial charge < -0.3 is 19.9 Å². The van der Waals surface area contributed by atoms with Crippen molar-refractivity contribution in [2.24, 2.45) is 0 Å².